The van der Waals surface area contributed by atoms with E-state index in [4.69, 9.17) is 11.2 Å². The summed E-state index contributed by atoms with van der Waals surface area (Å²) in [6, 6.07) is 0. The maximum absolute atomic E-state index is 12.2. The molecule has 0 aromatic carbocycles. The Hall–Kier alpha value is -2.13. The topological polar surface area (TPSA) is 60.2 Å². The molecule has 6 nitrogen and oxygen atoms in total. The van der Waals surface area contributed by atoms with Gasteiger partial charge in [0.1, 0.15) is 0 Å². The fourth-order valence-corrected chi connectivity index (χ4v) is 2.13. The molecule has 0 saturated carbocycles. The molecule has 6 heteroatoms. The van der Waals surface area contributed by atoms with Gasteiger partial charge in [-0.25, -0.2) is 4.68 Å². The van der Waals surface area contributed by atoms with Crippen LogP contribution in [0, 0.1) is 12.3 Å². The van der Waals surface area contributed by atoms with Crippen LogP contribution in [0.2, 0.25) is 0 Å². The minimum absolute atomic E-state index is 0.162. The largest absolute Gasteiger partial charge is 0.376 e. The zero-order valence-electron chi connectivity index (χ0n) is 11.4. The van der Waals surface area contributed by atoms with Crippen LogP contribution in [-0.4, -0.2) is 51.6 Å². The Morgan fingerprint density at radius 3 is 3.25 bits per heavy atom. The van der Waals surface area contributed by atoms with E-state index in [2.05, 4.69) is 22.8 Å². The molecule has 0 N–H and O–H groups in total. The van der Waals surface area contributed by atoms with Gasteiger partial charge in [-0.2, -0.15) is 0 Å². The molecule has 1 saturated heterocycles. The number of terminal acetylenes is 1. The molecular weight excluding hydrogens is 256 g/mol. The fraction of sp³-hybridized carbons (Fsp3) is 0.500. The van der Waals surface area contributed by atoms with Gasteiger partial charge in [-0.05, 0) is 12.8 Å². The summed E-state index contributed by atoms with van der Waals surface area (Å²) in [5.41, 5.74) is 0.292. The fourth-order valence-electron chi connectivity index (χ4n) is 2.13. The number of rotatable bonds is 6. The predicted molar refractivity (Wildman–Crippen MR) is 73.9 cm³/mol. The summed E-state index contributed by atoms with van der Waals surface area (Å²) >= 11 is 0. The number of amides is 1. The first-order chi connectivity index (χ1) is 9.74. The van der Waals surface area contributed by atoms with Gasteiger partial charge in [-0.3, -0.25) is 4.79 Å². The van der Waals surface area contributed by atoms with Gasteiger partial charge < -0.3 is 9.64 Å². The maximum Gasteiger partial charge on any atom is 0.277 e. The van der Waals surface area contributed by atoms with Crippen LogP contribution in [0.25, 0.3) is 0 Å². The average Bonchev–Trinajstić information content (AvgIpc) is 3.10. The smallest absolute Gasteiger partial charge is 0.277 e. The van der Waals surface area contributed by atoms with E-state index in [-0.39, 0.29) is 18.6 Å². The van der Waals surface area contributed by atoms with Crippen molar-refractivity contribution in [3.05, 3.63) is 24.5 Å². The van der Waals surface area contributed by atoms with Gasteiger partial charge in [0.05, 0.1) is 25.4 Å². The van der Waals surface area contributed by atoms with Crippen LogP contribution >= 0.6 is 0 Å². The zero-order valence-corrected chi connectivity index (χ0v) is 11.4. The Balaban J connectivity index is 2.00. The highest BCUT2D eigenvalue weighted by atomic mass is 16.5. The molecule has 0 bridgehead atoms. The summed E-state index contributed by atoms with van der Waals surface area (Å²) < 4.78 is 7.17. The van der Waals surface area contributed by atoms with Crippen LogP contribution in [0.1, 0.15) is 23.3 Å². The lowest BCUT2D eigenvalue weighted by molar-refractivity contribution is 0.0787. The van der Waals surface area contributed by atoms with Crippen molar-refractivity contribution in [2.24, 2.45) is 0 Å². The summed E-state index contributed by atoms with van der Waals surface area (Å²) in [6.45, 7) is 5.64. The number of carbonyl (C=O) groups excluding carboxylic acids is 1. The highest BCUT2D eigenvalue weighted by molar-refractivity contribution is 5.92. The van der Waals surface area contributed by atoms with Crippen molar-refractivity contribution in [2.75, 3.05) is 19.7 Å². The van der Waals surface area contributed by atoms with Gasteiger partial charge in [0.2, 0.25) is 0 Å². The summed E-state index contributed by atoms with van der Waals surface area (Å²) in [7, 11) is 0. The highest BCUT2D eigenvalue weighted by Crippen LogP contribution is 2.13. The maximum atomic E-state index is 12.2. The quantitative estimate of drug-likeness (QED) is 0.566. The summed E-state index contributed by atoms with van der Waals surface area (Å²) in [5.74, 6) is 2.22. The molecule has 1 aliphatic rings. The lowest BCUT2D eigenvalue weighted by Gasteiger charge is -2.16. The molecule has 0 unspecified atom stereocenters. The van der Waals surface area contributed by atoms with Crippen LogP contribution in [0.15, 0.2) is 18.9 Å². The average molecular weight is 274 g/mol. The van der Waals surface area contributed by atoms with Crippen LogP contribution in [0.4, 0.5) is 0 Å². The van der Waals surface area contributed by atoms with Crippen molar-refractivity contribution >= 4 is 5.91 Å². The monoisotopic (exact) mass is 274 g/mol. The van der Waals surface area contributed by atoms with E-state index in [0.717, 1.165) is 19.4 Å². The molecular formula is C14H18N4O2. The van der Waals surface area contributed by atoms with E-state index >= 15 is 0 Å². The highest BCUT2D eigenvalue weighted by Gasteiger charge is 2.20. The van der Waals surface area contributed by atoms with Crippen LogP contribution in [0.3, 0.4) is 0 Å². The lowest BCUT2D eigenvalue weighted by Crippen LogP contribution is -2.31. The first-order valence-corrected chi connectivity index (χ1v) is 6.60. The molecule has 20 heavy (non-hydrogen) atoms. The Morgan fingerprint density at radius 2 is 2.60 bits per heavy atom. The van der Waals surface area contributed by atoms with Crippen molar-refractivity contribution in [3.8, 4) is 12.3 Å². The third-order valence-corrected chi connectivity index (χ3v) is 3.09. The Labute approximate surface area is 118 Å². The molecule has 0 radical (unpaired) electrons. The number of carbonyl (C=O) groups is 1. The first-order valence-electron chi connectivity index (χ1n) is 6.60. The van der Waals surface area contributed by atoms with Crippen LogP contribution in [0.5, 0.6) is 0 Å². The zero-order chi connectivity index (χ0) is 14.4. The van der Waals surface area contributed by atoms with Gasteiger partial charge in [0.25, 0.3) is 5.91 Å². The molecule has 1 aliphatic heterocycles. The second kappa shape index (κ2) is 6.87. The second-order valence-corrected chi connectivity index (χ2v) is 4.64. The van der Waals surface area contributed by atoms with E-state index in [1.807, 2.05) is 0 Å². The molecule has 1 aromatic rings. The minimum atomic E-state index is -0.235. The molecule has 1 fully saturated rings. The van der Waals surface area contributed by atoms with Crippen molar-refractivity contribution in [2.45, 2.75) is 25.5 Å². The van der Waals surface area contributed by atoms with E-state index < -0.39 is 0 Å². The van der Waals surface area contributed by atoms with Gasteiger partial charge in [0.15, 0.2) is 5.69 Å². The Kier molecular flexibility index (Phi) is 4.91. The van der Waals surface area contributed by atoms with E-state index in [1.54, 1.807) is 17.0 Å². The number of aromatic nitrogens is 3. The minimum Gasteiger partial charge on any atom is -0.376 e. The molecule has 0 aliphatic carbocycles. The standard InChI is InChI=1S/C14H18N4O2/c1-3-7-17(8-4-2)14(19)13-11-18(16-15-13)10-12-6-5-9-20-12/h1,4,11-12H,2,5-10H2/t12-/m1/s1. The second-order valence-electron chi connectivity index (χ2n) is 4.64. The SMILES string of the molecule is C#CCN(CC=C)C(=O)c1cn(C[C@H]2CCCO2)nn1. The lowest BCUT2D eigenvalue weighted by atomic mass is 10.2. The van der Waals surface area contributed by atoms with Gasteiger partial charge in [-0.1, -0.05) is 17.2 Å². The first kappa shape index (κ1) is 14.3. The molecule has 2 heterocycles. The molecule has 2 rings (SSSR count). The molecule has 0 spiro atoms. The normalized spacial score (nSPS) is 17.6. The number of hydrogen-bond acceptors (Lipinski definition) is 4. The number of hydrogen-bond donors (Lipinski definition) is 0. The van der Waals surface area contributed by atoms with E-state index in [9.17, 15) is 4.79 Å². The molecule has 106 valence electrons. The molecule has 1 aromatic heterocycles. The summed E-state index contributed by atoms with van der Waals surface area (Å²) in [4.78, 5) is 13.7. The van der Waals surface area contributed by atoms with Gasteiger partial charge >= 0.3 is 0 Å². The van der Waals surface area contributed by atoms with Crippen LogP contribution in [-0.2, 0) is 11.3 Å². The Bertz CT molecular complexity index is 511. The third kappa shape index (κ3) is 3.45. The Morgan fingerprint density at radius 1 is 1.75 bits per heavy atom. The number of nitrogens with zero attached hydrogens (tertiary/aromatic N) is 4. The van der Waals surface area contributed by atoms with Crippen molar-refractivity contribution in [1.82, 2.24) is 19.9 Å². The van der Waals surface area contributed by atoms with Crippen molar-refractivity contribution in [1.29, 1.82) is 0 Å². The van der Waals surface area contributed by atoms with E-state index in [0.29, 0.717) is 18.8 Å². The van der Waals surface area contributed by atoms with E-state index in [1.165, 1.54) is 4.90 Å². The number of ether oxygens (including phenoxy) is 1. The van der Waals surface area contributed by atoms with Gasteiger partial charge in [0, 0.05) is 13.2 Å². The summed E-state index contributed by atoms with van der Waals surface area (Å²) in [6.07, 6.45) is 10.8. The molecule has 1 amide bonds. The van der Waals surface area contributed by atoms with Gasteiger partial charge in [-0.15, -0.1) is 18.1 Å². The third-order valence-electron chi connectivity index (χ3n) is 3.09. The van der Waals surface area contributed by atoms with Crippen molar-refractivity contribution < 1.29 is 9.53 Å². The van der Waals surface area contributed by atoms with Crippen molar-refractivity contribution in [3.63, 3.8) is 0 Å². The summed E-state index contributed by atoms with van der Waals surface area (Å²) in [5, 5.41) is 7.87. The predicted octanol–water partition coefficient (Wildman–Crippen LogP) is 0.718. The molecule has 1 atom stereocenters. The van der Waals surface area contributed by atoms with Crippen LogP contribution < -0.4 is 0 Å².